The number of benzene rings is 1. The first-order valence-electron chi connectivity index (χ1n) is 6.19. The van der Waals surface area contributed by atoms with Gasteiger partial charge >= 0.3 is 0 Å². The standard InChI is InChI=1S/C13H19NO4S/c1-2-3-9-12(13(15)16)14-19(17,18)10-11-7-5-4-6-8-11/h4-8,12,14H,2-3,9-10H2,1H3,(H,15,16)/p-1/t12-/m1/s1. The summed E-state index contributed by atoms with van der Waals surface area (Å²) in [7, 11) is -3.68. The second-order valence-electron chi connectivity index (χ2n) is 4.38. The van der Waals surface area contributed by atoms with Crippen molar-refractivity contribution in [3.63, 3.8) is 0 Å². The van der Waals surface area contributed by atoms with E-state index in [4.69, 9.17) is 0 Å². The molecule has 19 heavy (non-hydrogen) atoms. The van der Waals surface area contributed by atoms with E-state index in [1.165, 1.54) is 0 Å². The highest BCUT2D eigenvalue weighted by molar-refractivity contribution is 7.88. The van der Waals surface area contributed by atoms with Crippen molar-refractivity contribution < 1.29 is 18.3 Å². The zero-order valence-electron chi connectivity index (χ0n) is 10.8. The number of hydrogen-bond acceptors (Lipinski definition) is 4. The van der Waals surface area contributed by atoms with Crippen molar-refractivity contribution in [2.45, 2.75) is 38.0 Å². The van der Waals surface area contributed by atoms with Crippen LogP contribution in [0.15, 0.2) is 30.3 Å². The molecular weight excluding hydrogens is 266 g/mol. The summed E-state index contributed by atoms with van der Waals surface area (Å²) in [5.74, 6) is -1.62. The normalized spacial score (nSPS) is 13.1. The molecule has 0 saturated heterocycles. The Labute approximate surface area is 113 Å². The Hall–Kier alpha value is -1.40. The molecule has 0 fully saturated rings. The molecule has 1 aromatic carbocycles. The zero-order valence-corrected chi connectivity index (χ0v) is 11.7. The number of carbonyl (C=O) groups is 1. The Kier molecular flexibility index (Phi) is 5.98. The SMILES string of the molecule is CCCC[C@@H](NS(=O)(=O)Cc1ccccc1)C(=O)[O-]. The molecule has 0 aliphatic heterocycles. The van der Waals surface area contributed by atoms with Crippen LogP contribution in [-0.2, 0) is 20.6 Å². The maximum atomic E-state index is 11.9. The van der Waals surface area contributed by atoms with Crippen LogP contribution in [0.5, 0.6) is 0 Å². The minimum Gasteiger partial charge on any atom is -0.548 e. The predicted octanol–water partition coefficient (Wildman–Crippen LogP) is 0.415. The van der Waals surface area contributed by atoms with E-state index in [1.54, 1.807) is 30.3 Å². The number of sulfonamides is 1. The van der Waals surface area contributed by atoms with Gasteiger partial charge in [0.2, 0.25) is 10.0 Å². The van der Waals surface area contributed by atoms with E-state index in [9.17, 15) is 18.3 Å². The van der Waals surface area contributed by atoms with Gasteiger partial charge in [0.15, 0.2) is 0 Å². The molecule has 0 spiro atoms. The summed E-state index contributed by atoms with van der Waals surface area (Å²) in [5.41, 5.74) is 0.614. The van der Waals surface area contributed by atoms with Crippen molar-refractivity contribution in [2.24, 2.45) is 0 Å². The lowest BCUT2D eigenvalue weighted by Crippen LogP contribution is -2.48. The quantitative estimate of drug-likeness (QED) is 0.749. The first kappa shape index (κ1) is 15.7. The Morgan fingerprint density at radius 3 is 2.47 bits per heavy atom. The number of nitrogens with one attached hydrogen (secondary N) is 1. The summed E-state index contributed by atoms with van der Waals surface area (Å²) in [6, 6.07) is 7.46. The molecule has 1 rings (SSSR count). The topological polar surface area (TPSA) is 86.3 Å². The van der Waals surface area contributed by atoms with Gasteiger partial charge in [0.25, 0.3) is 0 Å². The molecule has 5 nitrogen and oxygen atoms in total. The van der Waals surface area contributed by atoms with Crippen LogP contribution in [0.25, 0.3) is 0 Å². The van der Waals surface area contributed by atoms with Gasteiger partial charge in [-0.1, -0.05) is 50.1 Å². The van der Waals surface area contributed by atoms with Crippen LogP contribution in [0.3, 0.4) is 0 Å². The molecule has 1 aromatic rings. The van der Waals surface area contributed by atoms with Crippen molar-refractivity contribution in [3.8, 4) is 0 Å². The molecule has 0 saturated carbocycles. The third kappa shape index (κ3) is 5.85. The molecular formula is C13H18NO4S-. The zero-order chi connectivity index (χ0) is 14.3. The van der Waals surface area contributed by atoms with Gasteiger partial charge in [0, 0.05) is 0 Å². The highest BCUT2D eigenvalue weighted by atomic mass is 32.2. The first-order chi connectivity index (χ1) is 8.94. The summed E-state index contributed by atoms with van der Waals surface area (Å²) in [4.78, 5) is 10.9. The molecule has 1 N–H and O–H groups in total. The van der Waals surface area contributed by atoms with Crippen molar-refractivity contribution in [3.05, 3.63) is 35.9 Å². The highest BCUT2D eigenvalue weighted by Crippen LogP contribution is 2.07. The second-order valence-corrected chi connectivity index (χ2v) is 6.13. The minimum atomic E-state index is -3.68. The van der Waals surface area contributed by atoms with Gasteiger partial charge in [-0.15, -0.1) is 0 Å². The number of rotatable bonds is 8. The number of carbonyl (C=O) groups excluding carboxylic acids is 1. The number of carboxylic acids is 1. The van der Waals surface area contributed by atoms with Gasteiger partial charge in [0.1, 0.15) is 0 Å². The lowest BCUT2D eigenvalue weighted by atomic mass is 10.1. The Morgan fingerprint density at radius 1 is 1.32 bits per heavy atom. The molecule has 0 radical (unpaired) electrons. The van der Waals surface area contributed by atoms with Gasteiger partial charge in [-0.25, -0.2) is 13.1 Å². The van der Waals surface area contributed by atoms with Gasteiger partial charge in [0.05, 0.1) is 17.8 Å². The van der Waals surface area contributed by atoms with Gasteiger partial charge in [-0.2, -0.15) is 0 Å². The summed E-state index contributed by atoms with van der Waals surface area (Å²) in [6.07, 6.45) is 1.67. The highest BCUT2D eigenvalue weighted by Gasteiger charge is 2.18. The average molecular weight is 284 g/mol. The third-order valence-corrected chi connectivity index (χ3v) is 4.01. The number of unbranched alkanes of at least 4 members (excludes halogenated alkanes) is 1. The van der Waals surface area contributed by atoms with Crippen LogP contribution >= 0.6 is 0 Å². The van der Waals surface area contributed by atoms with E-state index in [1.807, 2.05) is 6.92 Å². The molecule has 0 bridgehead atoms. The third-order valence-electron chi connectivity index (χ3n) is 2.65. The summed E-state index contributed by atoms with van der Waals surface area (Å²) in [5, 5.41) is 10.9. The molecule has 106 valence electrons. The maximum absolute atomic E-state index is 11.9. The van der Waals surface area contributed by atoms with Gasteiger partial charge in [-0.3, -0.25) is 0 Å². The van der Waals surface area contributed by atoms with E-state index < -0.39 is 22.0 Å². The van der Waals surface area contributed by atoms with Crippen molar-refractivity contribution in [1.29, 1.82) is 0 Å². The molecule has 1 atom stereocenters. The van der Waals surface area contributed by atoms with Gasteiger partial charge < -0.3 is 9.90 Å². The molecule has 0 heterocycles. The van der Waals surface area contributed by atoms with E-state index in [0.717, 1.165) is 6.42 Å². The average Bonchev–Trinajstić information content (AvgIpc) is 2.34. The smallest absolute Gasteiger partial charge is 0.216 e. The van der Waals surface area contributed by atoms with Crippen LogP contribution in [0.1, 0.15) is 31.7 Å². The Morgan fingerprint density at radius 2 is 1.95 bits per heavy atom. The maximum Gasteiger partial charge on any atom is 0.216 e. The number of carboxylic acid groups (broad SMARTS) is 1. The predicted molar refractivity (Wildman–Crippen MR) is 70.5 cm³/mol. The van der Waals surface area contributed by atoms with E-state index in [-0.39, 0.29) is 12.2 Å². The fraction of sp³-hybridized carbons (Fsp3) is 0.462. The lowest BCUT2D eigenvalue weighted by Gasteiger charge is -2.19. The molecule has 0 unspecified atom stereocenters. The van der Waals surface area contributed by atoms with E-state index in [0.29, 0.717) is 12.0 Å². The van der Waals surface area contributed by atoms with E-state index in [2.05, 4.69) is 4.72 Å². The molecule has 0 amide bonds. The van der Waals surface area contributed by atoms with Crippen LogP contribution in [0.2, 0.25) is 0 Å². The second kappa shape index (κ2) is 7.25. The molecule has 6 heteroatoms. The number of hydrogen-bond donors (Lipinski definition) is 1. The Bertz CT molecular complexity index is 499. The van der Waals surface area contributed by atoms with E-state index >= 15 is 0 Å². The van der Waals surface area contributed by atoms with Crippen molar-refractivity contribution >= 4 is 16.0 Å². The minimum absolute atomic E-state index is 0.232. The fourth-order valence-electron chi connectivity index (χ4n) is 1.69. The summed E-state index contributed by atoms with van der Waals surface area (Å²) >= 11 is 0. The van der Waals surface area contributed by atoms with Crippen LogP contribution in [-0.4, -0.2) is 20.4 Å². The first-order valence-corrected chi connectivity index (χ1v) is 7.84. The van der Waals surface area contributed by atoms with Crippen LogP contribution < -0.4 is 9.83 Å². The van der Waals surface area contributed by atoms with Crippen molar-refractivity contribution in [2.75, 3.05) is 0 Å². The largest absolute Gasteiger partial charge is 0.548 e. The van der Waals surface area contributed by atoms with Crippen LogP contribution in [0.4, 0.5) is 0 Å². The fourth-order valence-corrected chi connectivity index (χ4v) is 3.05. The molecule has 0 aliphatic rings. The lowest BCUT2D eigenvalue weighted by molar-refractivity contribution is -0.308. The number of aliphatic carboxylic acids is 1. The van der Waals surface area contributed by atoms with Gasteiger partial charge in [-0.05, 0) is 12.0 Å². The Balaban J connectivity index is 2.69. The monoisotopic (exact) mass is 284 g/mol. The molecule has 0 aromatic heterocycles. The van der Waals surface area contributed by atoms with Crippen LogP contribution in [0, 0.1) is 0 Å². The summed E-state index contributed by atoms with van der Waals surface area (Å²) in [6.45, 7) is 1.91. The summed E-state index contributed by atoms with van der Waals surface area (Å²) < 4.78 is 25.9. The van der Waals surface area contributed by atoms with Crippen molar-refractivity contribution in [1.82, 2.24) is 4.72 Å². The molecule has 0 aliphatic carbocycles.